The summed E-state index contributed by atoms with van der Waals surface area (Å²) in [5, 5.41) is 0. The summed E-state index contributed by atoms with van der Waals surface area (Å²) in [4.78, 5) is 14.9. The number of ether oxygens (including phenoxy) is 3. The lowest BCUT2D eigenvalue weighted by molar-refractivity contribution is 0.0734. The maximum absolute atomic E-state index is 12.6. The summed E-state index contributed by atoms with van der Waals surface area (Å²) in [5.41, 5.74) is 4.57. The summed E-state index contributed by atoms with van der Waals surface area (Å²) < 4.78 is 16.5. The van der Waals surface area contributed by atoms with E-state index < -0.39 is 5.97 Å². The van der Waals surface area contributed by atoms with Crippen molar-refractivity contribution in [2.24, 2.45) is 0 Å². The predicted octanol–water partition coefficient (Wildman–Crippen LogP) is 6.26. The summed E-state index contributed by atoms with van der Waals surface area (Å²) in [5.74, 6) is 1.17. The molecular formula is C27H27NO4. The first-order chi connectivity index (χ1) is 15.3. The van der Waals surface area contributed by atoms with Crippen LogP contribution in [0.15, 0.2) is 72.8 Å². The van der Waals surface area contributed by atoms with Crippen LogP contribution in [0.5, 0.6) is 17.2 Å². The number of esters is 1. The second-order valence-electron chi connectivity index (χ2n) is 8.29. The molecule has 0 spiro atoms. The number of carbonyl (C=O) groups excluding carboxylic acids is 1. The molecule has 0 bridgehead atoms. The Kier molecular flexibility index (Phi) is 5.66. The molecule has 32 heavy (non-hydrogen) atoms. The van der Waals surface area contributed by atoms with Crippen LogP contribution in [-0.4, -0.2) is 25.7 Å². The molecule has 0 amide bonds. The minimum atomic E-state index is -0.457. The fraction of sp³-hybridized carbons (Fsp3) is 0.222. The van der Waals surface area contributed by atoms with Crippen LogP contribution in [0.2, 0.25) is 0 Å². The van der Waals surface area contributed by atoms with Gasteiger partial charge in [-0.25, -0.2) is 4.79 Å². The van der Waals surface area contributed by atoms with Gasteiger partial charge in [-0.15, -0.1) is 0 Å². The first-order valence-corrected chi connectivity index (χ1v) is 10.5. The van der Waals surface area contributed by atoms with Gasteiger partial charge in [0.15, 0.2) is 0 Å². The molecule has 1 aliphatic heterocycles. The normalized spacial score (nSPS) is 14.3. The topological polar surface area (TPSA) is 48.0 Å². The monoisotopic (exact) mass is 429 g/mol. The van der Waals surface area contributed by atoms with E-state index in [1.165, 1.54) is 11.1 Å². The Balaban J connectivity index is 1.69. The minimum absolute atomic E-state index is 0.273. The van der Waals surface area contributed by atoms with Gasteiger partial charge in [-0.2, -0.15) is 0 Å². The summed E-state index contributed by atoms with van der Waals surface area (Å²) in [7, 11) is 3.18. The van der Waals surface area contributed by atoms with Gasteiger partial charge in [-0.1, -0.05) is 30.3 Å². The summed E-state index contributed by atoms with van der Waals surface area (Å²) in [6, 6.07) is 20.7. The highest BCUT2D eigenvalue weighted by molar-refractivity contribution is 5.92. The Hall–Kier alpha value is -3.73. The molecule has 0 saturated heterocycles. The van der Waals surface area contributed by atoms with Crippen molar-refractivity contribution in [2.75, 3.05) is 19.1 Å². The number of fused-ring (bicyclic) bond motifs is 1. The second kappa shape index (κ2) is 8.42. The van der Waals surface area contributed by atoms with Gasteiger partial charge in [0.05, 0.1) is 31.0 Å². The van der Waals surface area contributed by atoms with Gasteiger partial charge in [0.2, 0.25) is 0 Å². The van der Waals surface area contributed by atoms with Crippen LogP contribution < -0.4 is 19.1 Å². The van der Waals surface area contributed by atoms with E-state index in [1.54, 1.807) is 50.6 Å². The predicted molar refractivity (Wildman–Crippen MR) is 127 cm³/mol. The highest BCUT2D eigenvalue weighted by atomic mass is 16.5. The third-order valence-corrected chi connectivity index (χ3v) is 5.62. The third-order valence-electron chi connectivity index (χ3n) is 5.62. The molecule has 3 aromatic carbocycles. The molecule has 3 aromatic rings. The van der Waals surface area contributed by atoms with Crippen molar-refractivity contribution >= 4 is 22.9 Å². The van der Waals surface area contributed by atoms with Crippen molar-refractivity contribution in [3.63, 3.8) is 0 Å². The summed E-state index contributed by atoms with van der Waals surface area (Å²) in [6.07, 6.45) is 2.26. The Morgan fingerprint density at radius 1 is 0.844 bits per heavy atom. The van der Waals surface area contributed by atoms with Crippen molar-refractivity contribution in [2.45, 2.75) is 26.3 Å². The van der Waals surface area contributed by atoms with E-state index in [0.717, 1.165) is 11.4 Å². The van der Waals surface area contributed by atoms with Crippen molar-refractivity contribution in [3.05, 3.63) is 83.9 Å². The zero-order chi connectivity index (χ0) is 22.9. The average Bonchev–Trinajstić information content (AvgIpc) is 2.79. The van der Waals surface area contributed by atoms with Gasteiger partial charge in [0, 0.05) is 17.3 Å². The molecule has 0 radical (unpaired) electrons. The van der Waals surface area contributed by atoms with E-state index >= 15 is 0 Å². The molecule has 0 atom stereocenters. The van der Waals surface area contributed by atoms with Crippen molar-refractivity contribution < 1.29 is 19.0 Å². The molecule has 0 aliphatic carbocycles. The molecule has 5 heteroatoms. The van der Waals surface area contributed by atoms with Crippen molar-refractivity contribution in [1.29, 1.82) is 0 Å². The lowest BCUT2D eigenvalue weighted by Gasteiger charge is -2.43. The Morgan fingerprint density at radius 2 is 1.62 bits per heavy atom. The van der Waals surface area contributed by atoms with Crippen LogP contribution in [0, 0.1) is 0 Å². The fourth-order valence-electron chi connectivity index (χ4n) is 4.25. The Morgan fingerprint density at radius 3 is 2.38 bits per heavy atom. The smallest absolute Gasteiger partial charge is 0.343 e. The highest BCUT2D eigenvalue weighted by Gasteiger charge is 2.34. The number of nitrogens with zero attached hydrogens (tertiary/aromatic N) is 1. The molecule has 1 aliphatic rings. The van der Waals surface area contributed by atoms with Gasteiger partial charge in [0.1, 0.15) is 17.2 Å². The van der Waals surface area contributed by atoms with Crippen molar-refractivity contribution in [3.8, 4) is 17.2 Å². The number of benzene rings is 3. The van der Waals surface area contributed by atoms with Crippen LogP contribution in [0.4, 0.5) is 11.4 Å². The average molecular weight is 430 g/mol. The van der Waals surface area contributed by atoms with Gasteiger partial charge in [-0.05, 0) is 62.7 Å². The van der Waals surface area contributed by atoms with Crippen molar-refractivity contribution in [1.82, 2.24) is 0 Å². The van der Waals surface area contributed by atoms with Crippen LogP contribution in [0.25, 0.3) is 5.57 Å². The number of para-hydroxylation sites is 1. The number of hydrogen-bond acceptors (Lipinski definition) is 5. The van der Waals surface area contributed by atoms with Crippen LogP contribution in [0.1, 0.15) is 36.7 Å². The molecular weight excluding hydrogens is 402 g/mol. The molecule has 164 valence electrons. The van der Waals surface area contributed by atoms with Crippen LogP contribution in [-0.2, 0) is 0 Å². The quantitative estimate of drug-likeness (QED) is 0.354. The highest BCUT2D eigenvalue weighted by Crippen LogP contribution is 2.47. The number of rotatable bonds is 5. The molecule has 1 heterocycles. The van der Waals surface area contributed by atoms with Gasteiger partial charge < -0.3 is 19.1 Å². The number of hydrogen-bond donors (Lipinski definition) is 0. The number of allylic oxidation sites excluding steroid dienone is 1. The standard InChI is InChI=1S/C27H27NO4/c1-18-17-27(2,3)28(23-12-7-6-11-22(18)23)24-14-13-21(16-25(24)31-5)32-26(29)19-9-8-10-20(15-19)30-4/h6-17H,1-5H3. The number of anilines is 2. The molecule has 0 fully saturated rings. The maximum atomic E-state index is 12.6. The first kappa shape index (κ1) is 21.5. The minimum Gasteiger partial charge on any atom is -0.497 e. The molecule has 4 rings (SSSR count). The van der Waals surface area contributed by atoms with E-state index in [-0.39, 0.29) is 5.54 Å². The lowest BCUT2D eigenvalue weighted by Crippen LogP contribution is -2.41. The Bertz CT molecular complexity index is 1200. The lowest BCUT2D eigenvalue weighted by atomic mass is 9.88. The third kappa shape index (κ3) is 3.94. The zero-order valence-corrected chi connectivity index (χ0v) is 19.0. The van der Waals surface area contributed by atoms with Gasteiger partial charge in [0.25, 0.3) is 0 Å². The fourth-order valence-corrected chi connectivity index (χ4v) is 4.25. The van der Waals surface area contributed by atoms with Crippen LogP contribution in [0.3, 0.4) is 0 Å². The molecule has 0 aromatic heterocycles. The first-order valence-electron chi connectivity index (χ1n) is 10.5. The summed E-state index contributed by atoms with van der Waals surface area (Å²) in [6.45, 7) is 6.47. The maximum Gasteiger partial charge on any atom is 0.343 e. The molecule has 0 N–H and O–H groups in total. The molecule has 0 unspecified atom stereocenters. The van der Waals surface area contributed by atoms with E-state index in [2.05, 4.69) is 43.9 Å². The molecule has 0 saturated carbocycles. The van der Waals surface area contributed by atoms with E-state index in [1.807, 2.05) is 18.2 Å². The van der Waals surface area contributed by atoms with Gasteiger partial charge in [-0.3, -0.25) is 0 Å². The van der Waals surface area contributed by atoms with E-state index in [9.17, 15) is 4.79 Å². The molecule has 5 nitrogen and oxygen atoms in total. The number of carbonyl (C=O) groups is 1. The largest absolute Gasteiger partial charge is 0.497 e. The SMILES string of the molecule is COc1cccc(C(=O)Oc2ccc(N3c4ccccc4C(C)=CC3(C)C)c(OC)c2)c1. The van der Waals surface area contributed by atoms with E-state index in [4.69, 9.17) is 14.2 Å². The van der Waals surface area contributed by atoms with Crippen LogP contribution >= 0.6 is 0 Å². The Labute approximate surface area is 188 Å². The summed E-state index contributed by atoms with van der Waals surface area (Å²) >= 11 is 0. The van der Waals surface area contributed by atoms with E-state index in [0.29, 0.717) is 22.8 Å². The van der Waals surface area contributed by atoms with Gasteiger partial charge >= 0.3 is 5.97 Å². The number of methoxy groups -OCH3 is 2. The second-order valence-corrected chi connectivity index (χ2v) is 8.29. The zero-order valence-electron chi connectivity index (χ0n) is 19.0.